The lowest BCUT2D eigenvalue weighted by molar-refractivity contribution is -0.00909. The number of hydrogen-bond acceptors (Lipinski definition) is 5. The summed E-state index contributed by atoms with van der Waals surface area (Å²) >= 11 is 0. The van der Waals surface area contributed by atoms with Crippen LogP contribution in [-0.2, 0) is 11.3 Å². The van der Waals surface area contributed by atoms with Crippen molar-refractivity contribution in [3.63, 3.8) is 0 Å². The summed E-state index contributed by atoms with van der Waals surface area (Å²) in [6, 6.07) is 5.50. The van der Waals surface area contributed by atoms with E-state index >= 15 is 0 Å². The Morgan fingerprint density at radius 1 is 1.38 bits per heavy atom. The van der Waals surface area contributed by atoms with Crippen LogP contribution in [0.1, 0.15) is 28.8 Å². The second-order valence-electron chi connectivity index (χ2n) is 5.26. The van der Waals surface area contributed by atoms with Crippen molar-refractivity contribution in [1.82, 2.24) is 4.90 Å². The number of aldehydes is 1. The molecule has 0 saturated carbocycles. The maximum atomic E-state index is 10.9. The third-order valence-electron chi connectivity index (χ3n) is 3.81. The van der Waals surface area contributed by atoms with Crippen LogP contribution in [0.25, 0.3) is 0 Å². The number of carbonyl (C=O) groups excluding carboxylic acids is 1. The van der Waals surface area contributed by atoms with E-state index in [1.54, 1.807) is 13.2 Å². The standard InChI is InChI=1S/C16H23NO4/c1-20-16-3-2-13(12-19)10-14(16)11-17-6-4-15(5-7-17)21-9-8-18/h2-3,10,12,15,18H,4-9,11H2,1H3. The largest absolute Gasteiger partial charge is 0.496 e. The van der Waals surface area contributed by atoms with E-state index in [1.165, 1.54) is 0 Å². The van der Waals surface area contributed by atoms with Gasteiger partial charge in [0.05, 0.1) is 26.4 Å². The van der Waals surface area contributed by atoms with Gasteiger partial charge in [0, 0.05) is 30.8 Å². The lowest BCUT2D eigenvalue weighted by Crippen LogP contribution is -2.37. The topological polar surface area (TPSA) is 59.0 Å². The number of nitrogens with zero attached hydrogens (tertiary/aromatic N) is 1. The number of ether oxygens (including phenoxy) is 2. The van der Waals surface area contributed by atoms with Crippen LogP contribution in [0.5, 0.6) is 5.75 Å². The molecule has 0 bridgehead atoms. The second kappa shape index (κ2) is 8.12. The fraction of sp³-hybridized carbons (Fsp3) is 0.562. The van der Waals surface area contributed by atoms with Gasteiger partial charge in [-0.1, -0.05) is 0 Å². The molecule has 5 nitrogen and oxygen atoms in total. The molecular formula is C16H23NO4. The average molecular weight is 293 g/mol. The van der Waals surface area contributed by atoms with Crippen molar-refractivity contribution in [2.75, 3.05) is 33.4 Å². The molecule has 1 aliphatic rings. The maximum Gasteiger partial charge on any atom is 0.150 e. The Balaban J connectivity index is 1.92. The molecule has 1 aliphatic heterocycles. The van der Waals surface area contributed by atoms with Gasteiger partial charge in [-0.3, -0.25) is 9.69 Å². The summed E-state index contributed by atoms with van der Waals surface area (Å²) in [6.45, 7) is 3.17. The minimum atomic E-state index is 0.0793. The van der Waals surface area contributed by atoms with E-state index in [0.717, 1.165) is 50.1 Å². The van der Waals surface area contributed by atoms with Gasteiger partial charge in [-0.2, -0.15) is 0 Å². The number of piperidine rings is 1. The zero-order valence-electron chi connectivity index (χ0n) is 12.5. The zero-order valence-corrected chi connectivity index (χ0v) is 12.5. The summed E-state index contributed by atoms with van der Waals surface area (Å²) in [5.74, 6) is 0.819. The molecule has 0 unspecified atom stereocenters. The van der Waals surface area contributed by atoms with Crippen LogP contribution in [0.15, 0.2) is 18.2 Å². The first-order valence-electron chi connectivity index (χ1n) is 7.33. The van der Waals surface area contributed by atoms with Gasteiger partial charge in [-0.15, -0.1) is 0 Å². The number of methoxy groups -OCH3 is 1. The Morgan fingerprint density at radius 2 is 2.14 bits per heavy atom. The molecule has 0 radical (unpaired) electrons. The number of benzene rings is 1. The molecule has 1 fully saturated rings. The zero-order chi connectivity index (χ0) is 15.1. The van der Waals surface area contributed by atoms with Gasteiger partial charge in [0.2, 0.25) is 0 Å². The first-order chi connectivity index (χ1) is 10.3. The van der Waals surface area contributed by atoms with E-state index < -0.39 is 0 Å². The molecule has 1 saturated heterocycles. The van der Waals surface area contributed by atoms with Crippen LogP contribution in [0.2, 0.25) is 0 Å². The molecule has 0 aromatic heterocycles. The van der Waals surface area contributed by atoms with Crippen molar-refractivity contribution in [3.05, 3.63) is 29.3 Å². The van der Waals surface area contributed by atoms with Crippen molar-refractivity contribution in [1.29, 1.82) is 0 Å². The van der Waals surface area contributed by atoms with E-state index in [0.29, 0.717) is 12.2 Å². The van der Waals surface area contributed by atoms with Crippen LogP contribution < -0.4 is 4.74 Å². The van der Waals surface area contributed by atoms with Crippen LogP contribution in [-0.4, -0.2) is 55.8 Å². The van der Waals surface area contributed by atoms with E-state index in [4.69, 9.17) is 14.6 Å². The minimum absolute atomic E-state index is 0.0793. The van der Waals surface area contributed by atoms with Crippen LogP contribution in [0.3, 0.4) is 0 Å². The molecule has 1 N–H and O–H groups in total. The summed E-state index contributed by atoms with van der Waals surface area (Å²) in [7, 11) is 1.65. The monoisotopic (exact) mass is 293 g/mol. The lowest BCUT2D eigenvalue weighted by Gasteiger charge is -2.32. The Labute approximate surface area is 125 Å². The van der Waals surface area contributed by atoms with Gasteiger partial charge in [0.1, 0.15) is 12.0 Å². The first-order valence-corrected chi connectivity index (χ1v) is 7.33. The van der Waals surface area contributed by atoms with Crippen LogP contribution >= 0.6 is 0 Å². The molecule has 0 aliphatic carbocycles. The number of likely N-dealkylation sites (tertiary alicyclic amines) is 1. The quantitative estimate of drug-likeness (QED) is 0.772. The lowest BCUT2D eigenvalue weighted by atomic mass is 10.1. The van der Waals surface area contributed by atoms with Crippen molar-refractivity contribution < 1.29 is 19.4 Å². The van der Waals surface area contributed by atoms with E-state index in [-0.39, 0.29) is 12.7 Å². The fourth-order valence-corrected chi connectivity index (χ4v) is 2.69. The predicted molar refractivity (Wildman–Crippen MR) is 79.7 cm³/mol. The predicted octanol–water partition coefficient (Wildman–Crippen LogP) is 1.48. The van der Waals surface area contributed by atoms with Crippen molar-refractivity contribution >= 4 is 6.29 Å². The summed E-state index contributed by atoms with van der Waals surface area (Å²) in [5, 5.41) is 8.77. The summed E-state index contributed by atoms with van der Waals surface area (Å²) in [4.78, 5) is 13.2. The maximum absolute atomic E-state index is 10.9. The normalized spacial score (nSPS) is 16.9. The molecule has 0 spiro atoms. The highest BCUT2D eigenvalue weighted by Gasteiger charge is 2.20. The molecule has 21 heavy (non-hydrogen) atoms. The average Bonchev–Trinajstić information content (AvgIpc) is 2.54. The van der Waals surface area contributed by atoms with Crippen LogP contribution in [0.4, 0.5) is 0 Å². The minimum Gasteiger partial charge on any atom is -0.496 e. The molecule has 0 atom stereocenters. The summed E-state index contributed by atoms with van der Waals surface area (Å²) < 4.78 is 10.9. The molecular weight excluding hydrogens is 270 g/mol. The summed E-state index contributed by atoms with van der Waals surface area (Å²) in [5.41, 5.74) is 1.71. The van der Waals surface area contributed by atoms with E-state index in [2.05, 4.69) is 4.90 Å². The fourth-order valence-electron chi connectivity index (χ4n) is 2.69. The van der Waals surface area contributed by atoms with E-state index in [1.807, 2.05) is 12.1 Å². The van der Waals surface area contributed by atoms with Crippen molar-refractivity contribution in [2.45, 2.75) is 25.5 Å². The van der Waals surface area contributed by atoms with Gasteiger partial charge >= 0.3 is 0 Å². The number of rotatable bonds is 7. The van der Waals surface area contributed by atoms with Gasteiger partial charge in [-0.05, 0) is 31.0 Å². The van der Waals surface area contributed by atoms with Gasteiger partial charge in [0.15, 0.2) is 0 Å². The van der Waals surface area contributed by atoms with Crippen molar-refractivity contribution in [3.8, 4) is 5.75 Å². The second-order valence-corrected chi connectivity index (χ2v) is 5.26. The third-order valence-corrected chi connectivity index (χ3v) is 3.81. The molecule has 1 aromatic carbocycles. The molecule has 5 heteroatoms. The van der Waals surface area contributed by atoms with Gasteiger partial charge in [0.25, 0.3) is 0 Å². The molecule has 0 amide bonds. The summed E-state index contributed by atoms with van der Waals surface area (Å²) in [6.07, 6.45) is 3.04. The van der Waals surface area contributed by atoms with Gasteiger partial charge < -0.3 is 14.6 Å². The van der Waals surface area contributed by atoms with Crippen LogP contribution in [0, 0.1) is 0 Å². The number of aliphatic hydroxyl groups is 1. The number of carbonyl (C=O) groups is 1. The SMILES string of the molecule is COc1ccc(C=O)cc1CN1CCC(OCCO)CC1. The van der Waals surface area contributed by atoms with Gasteiger partial charge in [-0.25, -0.2) is 0 Å². The Bertz CT molecular complexity index is 456. The molecule has 1 heterocycles. The van der Waals surface area contributed by atoms with E-state index in [9.17, 15) is 4.79 Å². The molecule has 2 rings (SSSR count). The third kappa shape index (κ3) is 4.52. The highest BCUT2D eigenvalue weighted by Crippen LogP contribution is 2.23. The highest BCUT2D eigenvalue weighted by molar-refractivity contribution is 5.75. The highest BCUT2D eigenvalue weighted by atomic mass is 16.5. The molecule has 116 valence electrons. The number of aliphatic hydroxyl groups excluding tert-OH is 1. The first kappa shape index (κ1) is 15.9. The number of hydrogen-bond donors (Lipinski definition) is 1. The smallest absolute Gasteiger partial charge is 0.150 e. The Morgan fingerprint density at radius 3 is 2.76 bits per heavy atom. The Kier molecular flexibility index (Phi) is 6.17. The molecule has 1 aromatic rings. The Hall–Kier alpha value is -1.43. The van der Waals surface area contributed by atoms with Crippen molar-refractivity contribution in [2.24, 2.45) is 0 Å².